The molecular formula is C18H23N3O4. The lowest BCUT2D eigenvalue weighted by Crippen LogP contribution is -2.47. The third kappa shape index (κ3) is 2.93. The van der Waals surface area contributed by atoms with E-state index in [1.54, 1.807) is 23.1 Å². The number of carbonyl (C=O) groups is 2. The number of hydrogen-bond donors (Lipinski definition) is 1. The second-order valence-electron chi connectivity index (χ2n) is 6.90. The Morgan fingerprint density at radius 1 is 1.16 bits per heavy atom. The molecule has 7 heteroatoms. The Kier molecular flexibility index (Phi) is 4.25. The van der Waals surface area contributed by atoms with Crippen molar-refractivity contribution in [1.29, 1.82) is 0 Å². The summed E-state index contributed by atoms with van der Waals surface area (Å²) in [7, 11) is 0. The minimum Gasteiger partial charge on any atom is -0.454 e. The first-order chi connectivity index (χ1) is 12.2. The number of nitrogens with zero attached hydrogens (tertiary/aromatic N) is 2. The van der Waals surface area contributed by atoms with Gasteiger partial charge in [0.05, 0.1) is 0 Å². The first kappa shape index (κ1) is 16.2. The highest BCUT2D eigenvalue weighted by molar-refractivity contribution is 5.98. The molecule has 3 aliphatic rings. The zero-order valence-corrected chi connectivity index (χ0v) is 14.1. The van der Waals surface area contributed by atoms with Gasteiger partial charge in [0.2, 0.25) is 12.7 Å². The number of nitrogens with two attached hydrogens (primary N) is 1. The first-order valence-corrected chi connectivity index (χ1v) is 8.87. The normalized spacial score (nSPS) is 24.8. The molecule has 0 radical (unpaired) electrons. The fourth-order valence-corrected chi connectivity index (χ4v) is 3.90. The lowest BCUT2D eigenvalue weighted by Gasteiger charge is -2.28. The van der Waals surface area contributed by atoms with Crippen LogP contribution in [-0.4, -0.2) is 60.6 Å². The van der Waals surface area contributed by atoms with Crippen molar-refractivity contribution < 1.29 is 19.1 Å². The van der Waals surface area contributed by atoms with E-state index < -0.39 is 0 Å². The number of rotatable bonds is 3. The van der Waals surface area contributed by atoms with Crippen LogP contribution >= 0.6 is 0 Å². The highest BCUT2D eigenvalue weighted by atomic mass is 16.7. The van der Waals surface area contributed by atoms with Crippen molar-refractivity contribution in [1.82, 2.24) is 9.80 Å². The summed E-state index contributed by atoms with van der Waals surface area (Å²) in [6.45, 7) is 2.84. The molecule has 2 amide bonds. The molecule has 0 bridgehead atoms. The minimum atomic E-state index is -0.366. The Labute approximate surface area is 146 Å². The topological polar surface area (TPSA) is 85.1 Å². The molecule has 25 heavy (non-hydrogen) atoms. The monoisotopic (exact) mass is 345 g/mol. The summed E-state index contributed by atoms with van der Waals surface area (Å²) in [6.07, 6.45) is 2.52. The van der Waals surface area contributed by atoms with Crippen LogP contribution in [0.1, 0.15) is 29.6 Å². The largest absolute Gasteiger partial charge is 0.454 e. The van der Waals surface area contributed by atoms with E-state index in [9.17, 15) is 9.59 Å². The summed E-state index contributed by atoms with van der Waals surface area (Å²) >= 11 is 0. The van der Waals surface area contributed by atoms with Crippen molar-refractivity contribution in [2.75, 3.05) is 33.0 Å². The maximum Gasteiger partial charge on any atom is 0.254 e. The Morgan fingerprint density at radius 3 is 2.80 bits per heavy atom. The maximum absolute atomic E-state index is 12.9. The number of hydrogen-bond acceptors (Lipinski definition) is 5. The first-order valence-electron chi connectivity index (χ1n) is 8.87. The van der Waals surface area contributed by atoms with Gasteiger partial charge in [0.15, 0.2) is 11.5 Å². The van der Waals surface area contributed by atoms with Gasteiger partial charge in [0, 0.05) is 25.2 Å². The predicted octanol–water partition coefficient (Wildman–Crippen LogP) is 0.827. The Morgan fingerprint density at radius 2 is 2.00 bits per heavy atom. The number of ether oxygens (including phenoxy) is 2. The van der Waals surface area contributed by atoms with Gasteiger partial charge in [-0.3, -0.25) is 9.59 Å². The SMILES string of the molecule is NCC1CCN(C(=O)C2CCCN2C(=O)c2ccc3c(c2)OCO3)C1. The molecule has 3 aliphatic heterocycles. The molecule has 0 aliphatic carbocycles. The fourth-order valence-electron chi connectivity index (χ4n) is 3.90. The van der Waals surface area contributed by atoms with E-state index in [2.05, 4.69) is 0 Å². The van der Waals surface area contributed by atoms with E-state index in [0.717, 1.165) is 25.8 Å². The molecule has 2 atom stereocenters. The van der Waals surface area contributed by atoms with Crippen LogP contribution < -0.4 is 15.2 Å². The molecule has 3 heterocycles. The van der Waals surface area contributed by atoms with Crippen LogP contribution in [0.2, 0.25) is 0 Å². The standard InChI is InChI=1S/C18H23N3O4/c19-9-12-5-7-20(10-12)18(23)14-2-1-6-21(14)17(22)13-3-4-15-16(8-13)25-11-24-15/h3-4,8,12,14H,1-2,5-7,9-11,19H2. The number of benzene rings is 1. The quantitative estimate of drug-likeness (QED) is 0.877. The predicted molar refractivity (Wildman–Crippen MR) is 90.4 cm³/mol. The molecule has 1 aromatic rings. The Bertz CT molecular complexity index is 693. The third-order valence-corrected chi connectivity index (χ3v) is 5.35. The zero-order chi connectivity index (χ0) is 17.4. The highest BCUT2D eigenvalue weighted by Crippen LogP contribution is 2.33. The van der Waals surface area contributed by atoms with E-state index >= 15 is 0 Å². The molecule has 134 valence electrons. The van der Waals surface area contributed by atoms with Gasteiger partial charge in [-0.25, -0.2) is 0 Å². The third-order valence-electron chi connectivity index (χ3n) is 5.35. The molecule has 1 aromatic carbocycles. The van der Waals surface area contributed by atoms with Gasteiger partial charge in [0.25, 0.3) is 5.91 Å². The second-order valence-corrected chi connectivity index (χ2v) is 6.90. The molecule has 2 N–H and O–H groups in total. The molecule has 0 spiro atoms. The molecule has 0 aromatic heterocycles. The van der Waals surface area contributed by atoms with Gasteiger partial charge < -0.3 is 25.0 Å². The van der Waals surface area contributed by atoms with Gasteiger partial charge in [-0.2, -0.15) is 0 Å². The van der Waals surface area contributed by atoms with Gasteiger partial charge in [-0.1, -0.05) is 0 Å². The van der Waals surface area contributed by atoms with E-state index in [0.29, 0.717) is 42.6 Å². The summed E-state index contributed by atoms with van der Waals surface area (Å²) in [4.78, 5) is 29.4. The second kappa shape index (κ2) is 6.55. The van der Waals surface area contributed by atoms with E-state index in [1.807, 2.05) is 4.90 Å². The average Bonchev–Trinajstić information content (AvgIpc) is 3.39. The Balaban J connectivity index is 1.49. The summed E-state index contributed by atoms with van der Waals surface area (Å²) in [5.41, 5.74) is 6.25. The molecular weight excluding hydrogens is 322 g/mol. The number of amides is 2. The van der Waals surface area contributed by atoms with Crippen molar-refractivity contribution >= 4 is 11.8 Å². The molecule has 2 unspecified atom stereocenters. The smallest absolute Gasteiger partial charge is 0.254 e. The van der Waals surface area contributed by atoms with Crippen molar-refractivity contribution in [2.45, 2.75) is 25.3 Å². The van der Waals surface area contributed by atoms with E-state index in [4.69, 9.17) is 15.2 Å². The van der Waals surface area contributed by atoms with Gasteiger partial charge in [-0.05, 0) is 49.9 Å². The van der Waals surface area contributed by atoms with Crippen molar-refractivity contribution in [3.8, 4) is 11.5 Å². The van der Waals surface area contributed by atoms with Crippen LogP contribution in [0, 0.1) is 5.92 Å². The number of carbonyl (C=O) groups excluding carboxylic acids is 2. The molecule has 4 rings (SSSR count). The summed E-state index contributed by atoms with van der Waals surface area (Å²) in [5.74, 6) is 1.54. The van der Waals surface area contributed by atoms with Crippen molar-refractivity contribution in [2.24, 2.45) is 11.7 Å². The summed E-state index contributed by atoms with van der Waals surface area (Å²) in [6, 6.07) is 4.81. The van der Waals surface area contributed by atoms with Crippen LogP contribution in [0.5, 0.6) is 11.5 Å². The lowest BCUT2D eigenvalue weighted by molar-refractivity contribution is -0.134. The van der Waals surface area contributed by atoms with Crippen LogP contribution in [0.25, 0.3) is 0 Å². The highest BCUT2D eigenvalue weighted by Gasteiger charge is 2.39. The molecule has 7 nitrogen and oxygen atoms in total. The number of fused-ring (bicyclic) bond motifs is 1. The summed E-state index contributed by atoms with van der Waals surface area (Å²) < 4.78 is 10.6. The van der Waals surface area contributed by atoms with Crippen LogP contribution in [0.3, 0.4) is 0 Å². The van der Waals surface area contributed by atoms with E-state index in [1.165, 1.54) is 0 Å². The number of likely N-dealkylation sites (tertiary alicyclic amines) is 2. The maximum atomic E-state index is 12.9. The van der Waals surface area contributed by atoms with Gasteiger partial charge >= 0.3 is 0 Å². The van der Waals surface area contributed by atoms with Gasteiger partial charge in [-0.15, -0.1) is 0 Å². The van der Waals surface area contributed by atoms with Crippen molar-refractivity contribution in [3.63, 3.8) is 0 Å². The van der Waals surface area contributed by atoms with Crippen LogP contribution in [-0.2, 0) is 4.79 Å². The average molecular weight is 345 g/mol. The van der Waals surface area contributed by atoms with Crippen LogP contribution in [0.4, 0.5) is 0 Å². The molecule has 2 fully saturated rings. The zero-order valence-electron chi connectivity index (χ0n) is 14.1. The Hall–Kier alpha value is -2.28. The lowest BCUT2D eigenvalue weighted by atomic mass is 10.1. The molecule has 2 saturated heterocycles. The van der Waals surface area contributed by atoms with Gasteiger partial charge in [0.1, 0.15) is 6.04 Å². The van der Waals surface area contributed by atoms with Crippen LogP contribution in [0.15, 0.2) is 18.2 Å². The fraction of sp³-hybridized carbons (Fsp3) is 0.556. The van der Waals surface area contributed by atoms with Crippen molar-refractivity contribution in [3.05, 3.63) is 23.8 Å². The molecule has 0 saturated carbocycles. The summed E-state index contributed by atoms with van der Waals surface area (Å²) in [5, 5.41) is 0. The van der Waals surface area contributed by atoms with E-state index in [-0.39, 0.29) is 24.6 Å². The minimum absolute atomic E-state index is 0.0579.